The van der Waals surface area contributed by atoms with Crippen LogP contribution >= 0.6 is 11.3 Å². The van der Waals surface area contributed by atoms with Gasteiger partial charge in [-0.15, -0.1) is 10.2 Å². The molecule has 0 spiro atoms. The molecular formula is C14H14N4OS. The molecule has 2 heterocycles. The highest BCUT2D eigenvalue weighted by molar-refractivity contribution is 7.18. The summed E-state index contributed by atoms with van der Waals surface area (Å²) in [6, 6.07) is 7.89. The van der Waals surface area contributed by atoms with Crippen LogP contribution in [0.4, 0.5) is 5.13 Å². The lowest BCUT2D eigenvalue weighted by molar-refractivity contribution is 0.415. The summed E-state index contributed by atoms with van der Waals surface area (Å²) >= 11 is 1.52. The molecule has 6 heteroatoms. The first kappa shape index (κ1) is 12.8. The lowest BCUT2D eigenvalue weighted by Crippen LogP contribution is -1.90. The number of methoxy groups -OCH3 is 1. The molecule has 1 aromatic carbocycles. The van der Waals surface area contributed by atoms with Crippen molar-refractivity contribution in [2.75, 3.05) is 19.5 Å². The van der Waals surface area contributed by atoms with Crippen LogP contribution in [0.1, 0.15) is 5.69 Å². The number of anilines is 1. The molecule has 0 fully saturated rings. The van der Waals surface area contributed by atoms with Crippen molar-refractivity contribution in [3.05, 3.63) is 30.0 Å². The van der Waals surface area contributed by atoms with E-state index in [1.807, 2.05) is 38.2 Å². The number of aryl methyl sites for hydroxylation is 1. The number of rotatable bonds is 3. The van der Waals surface area contributed by atoms with Gasteiger partial charge < -0.3 is 10.1 Å². The largest absolute Gasteiger partial charge is 0.497 e. The van der Waals surface area contributed by atoms with E-state index < -0.39 is 0 Å². The van der Waals surface area contributed by atoms with Crippen molar-refractivity contribution in [2.24, 2.45) is 0 Å². The van der Waals surface area contributed by atoms with Crippen LogP contribution in [0.5, 0.6) is 5.75 Å². The van der Waals surface area contributed by atoms with E-state index in [4.69, 9.17) is 4.74 Å². The quantitative estimate of drug-likeness (QED) is 0.801. The summed E-state index contributed by atoms with van der Waals surface area (Å²) in [5, 5.41) is 14.0. The van der Waals surface area contributed by atoms with E-state index in [0.29, 0.717) is 0 Å². The van der Waals surface area contributed by atoms with Gasteiger partial charge in [-0.05, 0) is 31.2 Å². The molecule has 0 aliphatic rings. The Bertz CT molecular complexity index is 769. The van der Waals surface area contributed by atoms with Gasteiger partial charge in [0.05, 0.1) is 12.6 Å². The molecule has 0 unspecified atom stereocenters. The molecule has 5 nitrogen and oxygen atoms in total. The zero-order chi connectivity index (χ0) is 14.1. The molecule has 0 aliphatic heterocycles. The fourth-order valence-corrected chi connectivity index (χ4v) is 2.80. The summed E-state index contributed by atoms with van der Waals surface area (Å²) in [4.78, 5) is 4.55. The summed E-state index contributed by atoms with van der Waals surface area (Å²) in [5.41, 5.74) is 2.92. The second-order valence-electron chi connectivity index (χ2n) is 4.36. The second kappa shape index (κ2) is 5.05. The van der Waals surface area contributed by atoms with Crippen LogP contribution in [-0.2, 0) is 0 Å². The molecule has 0 bridgehead atoms. The van der Waals surface area contributed by atoms with Crippen LogP contribution in [-0.4, -0.2) is 29.3 Å². The fourth-order valence-electron chi connectivity index (χ4n) is 2.07. The minimum absolute atomic E-state index is 0.797. The number of ether oxygens (including phenoxy) is 1. The first-order chi connectivity index (χ1) is 9.71. The minimum atomic E-state index is 0.797. The molecule has 1 N–H and O–H groups in total. The van der Waals surface area contributed by atoms with Gasteiger partial charge >= 0.3 is 0 Å². The van der Waals surface area contributed by atoms with Crippen LogP contribution in [0, 0.1) is 6.92 Å². The highest BCUT2D eigenvalue weighted by Gasteiger charge is 2.12. The van der Waals surface area contributed by atoms with Crippen molar-refractivity contribution in [1.82, 2.24) is 15.2 Å². The Morgan fingerprint density at radius 1 is 1.20 bits per heavy atom. The first-order valence-electron chi connectivity index (χ1n) is 6.18. The van der Waals surface area contributed by atoms with E-state index >= 15 is 0 Å². The zero-order valence-electron chi connectivity index (χ0n) is 11.5. The van der Waals surface area contributed by atoms with Crippen LogP contribution in [0.3, 0.4) is 0 Å². The molecule has 3 aromatic rings. The van der Waals surface area contributed by atoms with Gasteiger partial charge in [-0.1, -0.05) is 11.3 Å². The number of hydrogen-bond donors (Lipinski definition) is 1. The second-order valence-corrected chi connectivity index (χ2v) is 5.33. The van der Waals surface area contributed by atoms with Crippen molar-refractivity contribution in [2.45, 2.75) is 6.92 Å². The maximum Gasteiger partial charge on any atom is 0.205 e. The van der Waals surface area contributed by atoms with E-state index in [2.05, 4.69) is 20.5 Å². The van der Waals surface area contributed by atoms with Gasteiger partial charge in [-0.2, -0.15) is 0 Å². The number of aromatic nitrogens is 3. The Morgan fingerprint density at radius 3 is 2.75 bits per heavy atom. The van der Waals surface area contributed by atoms with E-state index in [0.717, 1.165) is 38.0 Å². The molecule has 102 valence electrons. The van der Waals surface area contributed by atoms with Crippen LogP contribution < -0.4 is 10.1 Å². The predicted molar refractivity (Wildman–Crippen MR) is 81.5 cm³/mol. The lowest BCUT2D eigenvalue weighted by atomic mass is 10.1. The Kier molecular flexibility index (Phi) is 3.23. The third-order valence-corrected chi connectivity index (χ3v) is 3.99. The molecule has 0 saturated heterocycles. The van der Waals surface area contributed by atoms with Crippen LogP contribution in [0.25, 0.3) is 21.5 Å². The monoisotopic (exact) mass is 286 g/mol. The summed E-state index contributed by atoms with van der Waals surface area (Å²) in [7, 11) is 3.50. The Morgan fingerprint density at radius 2 is 2.05 bits per heavy atom. The highest BCUT2D eigenvalue weighted by atomic mass is 32.1. The summed E-state index contributed by atoms with van der Waals surface area (Å²) in [6.07, 6.45) is 0. The van der Waals surface area contributed by atoms with Gasteiger partial charge in [0.25, 0.3) is 0 Å². The SMILES string of the molecule is CNc1nnc(-c2cc(C)nc3ccc(OC)cc23)s1. The van der Waals surface area contributed by atoms with E-state index in [1.165, 1.54) is 11.3 Å². The summed E-state index contributed by atoms with van der Waals surface area (Å²) < 4.78 is 5.30. The number of pyridine rings is 1. The average molecular weight is 286 g/mol. The van der Waals surface area contributed by atoms with E-state index in [-0.39, 0.29) is 0 Å². The topological polar surface area (TPSA) is 59.9 Å². The summed E-state index contributed by atoms with van der Waals surface area (Å²) in [5.74, 6) is 0.808. The van der Waals surface area contributed by atoms with Crippen molar-refractivity contribution in [3.8, 4) is 16.3 Å². The number of hydrogen-bond acceptors (Lipinski definition) is 6. The van der Waals surface area contributed by atoms with Gasteiger partial charge in [0, 0.05) is 23.7 Å². The Balaban J connectivity index is 2.26. The third kappa shape index (κ3) is 2.18. The maximum atomic E-state index is 5.30. The van der Waals surface area contributed by atoms with Crippen LogP contribution in [0.15, 0.2) is 24.3 Å². The number of nitrogens with one attached hydrogen (secondary N) is 1. The third-order valence-electron chi connectivity index (χ3n) is 3.01. The number of fused-ring (bicyclic) bond motifs is 1. The molecule has 0 radical (unpaired) electrons. The van der Waals surface area contributed by atoms with Crippen molar-refractivity contribution < 1.29 is 4.74 Å². The van der Waals surface area contributed by atoms with Gasteiger partial charge in [0.15, 0.2) is 0 Å². The Labute approximate surface area is 120 Å². The smallest absolute Gasteiger partial charge is 0.205 e. The standard InChI is InChI=1S/C14H14N4OS/c1-8-6-11(13-17-18-14(15-2)20-13)10-7-9(19-3)4-5-12(10)16-8/h4-7H,1-3H3,(H,15,18). The Hall–Kier alpha value is -2.21. The fraction of sp³-hybridized carbons (Fsp3) is 0.214. The van der Waals surface area contributed by atoms with Crippen molar-refractivity contribution >= 4 is 27.4 Å². The van der Waals surface area contributed by atoms with Crippen molar-refractivity contribution in [1.29, 1.82) is 0 Å². The molecule has 0 atom stereocenters. The number of nitrogens with zero attached hydrogens (tertiary/aromatic N) is 3. The molecule has 2 aromatic heterocycles. The maximum absolute atomic E-state index is 5.30. The normalized spacial score (nSPS) is 10.8. The molecule has 0 aliphatic carbocycles. The number of benzene rings is 1. The van der Waals surface area contributed by atoms with Crippen molar-refractivity contribution in [3.63, 3.8) is 0 Å². The molecule has 3 rings (SSSR count). The molecular weight excluding hydrogens is 272 g/mol. The molecule has 0 amide bonds. The van der Waals surface area contributed by atoms with Gasteiger partial charge in [0.2, 0.25) is 5.13 Å². The predicted octanol–water partition coefficient (Wildman–Crippen LogP) is 3.11. The minimum Gasteiger partial charge on any atom is -0.497 e. The molecule has 20 heavy (non-hydrogen) atoms. The van der Waals surface area contributed by atoms with Gasteiger partial charge in [-0.3, -0.25) is 4.98 Å². The zero-order valence-corrected chi connectivity index (χ0v) is 12.3. The summed E-state index contributed by atoms with van der Waals surface area (Å²) in [6.45, 7) is 1.98. The van der Waals surface area contributed by atoms with Gasteiger partial charge in [0.1, 0.15) is 10.8 Å². The lowest BCUT2D eigenvalue weighted by Gasteiger charge is -2.07. The molecule has 0 saturated carbocycles. The first-order valence-corrected chi connectivity index (χ1v) is 7.00. The van der Waals surface area contributed by atoms with Crippen LogP contribution in [0.2, 0.25) is 0 Å². The average Bonchev–Trinajstić information content (AvgIpc) is 2.94. The van der Waals surface area contributed by atoms with E-state index in [1.54, 1.807) is 7.11 Å². The van der Waals surface area contributed by atoms with E-state index in [9.17, 15) is 0 Å². The van der Waals surface area contributed by atoms with Gasteiger partial charge in [-0.25, -0.2) is 0 Å². The highest BCUT2D eigenvalue weighted by Crippen LogP contribution is 2.33.